The highest BCUT2D eigenvalue weighted by Gasteiger charge is 2.34. The number of aromatic hydroxyl groups is 3. The van der Waals surface area contributed by atoms with E-state index in [0.29, 0.717) is 67.9 Å². The molecule has 4 aliphatic heterocycles. The SMILES string of the molecule is COC(=O)[C@@H]1CSCc2cc3cc(c2)CSC[C@@H](C(=O)OC)N2Cc4cc(C)cc(c4O)CN1Cc1cc(C)cc(c1O)CN(Cc1cc(C)cc(c1O)C2)[C@H](C(=O)OC)CSC3. The Balaban J connectivity index is 1.55. The number of phenolic OH excluding ortho intramolecular Hbond substituents is 3. The first-order valence-electron chi connectivity index (χ1n) is 21.0. The summed E-state index contributed by atoms with van der Waals surface area (Å²) in [5, 5.41) is 36.8. The van der Waals surface area contributed by atoms with Gasteiger partial charge in [-0.1, -0.05) is 71.3 Å². The second-order valence-corrected chi connectivity index (χ2v) is 19.9. The van der Waals surface area contributed by atoms with Gasteiger partial charge in [0.25, 0.3) is 0 Å². The minimum atomic E-state index is -0.777. The molecule has 15 heteroatoms. The average molecular weight is 916 g/mol. The van der Waals surface area contributed by atoms with Crippen LogP contribution in [0.1, 0.15) is 66.8 Å². The largest absolute Gasteiger partial charge is 0.507 e. The molecule has 336 valence electrons. The standard InChI is InChI=1S/C48H57N3O9S3/c1-28-7-34-16-49-18-36-9-29(2)11-38(44(36)53)20-51-21-39-12-30(3)10-37(45(39)54)19-50(17-35(8-28)43(34)52)41(47(56)59-5)26-62-23-32-13-31(22-61-25-40(49)46(55)58-4)14-33(15-32)24-63-27-42(51)48(57)60-6/h7-15,40-42,52-54H,16-27H2,1-6H3/t40-,41-,42-/m0/s1. The summed E-state index contributed by atoms with van der Waals surface area (Å²) in [6, 6.07) is 15.6. The zero-order valence-electron chi connectivity index (χ0n) is 36.8. The van der Waals surface area contributed by atoms with Gasteiger partial charge in [0, 0.05) is 107 Å². The predicted octanol–water partition coefficient (Wildman–Crippen LogP) is 7.10. The van der Waals surface area contributed by atoms with Gasteiger partial charge in [0.15, 0.2) is 0 Å². The van der Waals surface area contributed by atoms with Gasteiger partial charge in [0.2, 0.25) is 0 Å². The van der Waals surface area contributed by atoms with Crippen LogP contribution in [-0.4, -0.2) is 105 Å². The summed E-state index contributed by atoms with van der Waals surface area (Å²) in [6.45, 7) is 6.56. The summed E-state index contributed by atoms with van der Waals surface area (Å²) >= 11 is 4.84. The van der Waals surface area contributed by atoms with E-state index in [1.54, 1.807) is 35.3 Å². The molecule has 3 atom stereocenters. The zero-order valence-corrected chi connectivity index (χ0v) is 39.2. The fourth-order valence-electron chi connectivity index (χ4n) is 9.00. The molecule has 0 radical (unpaired) electrons. The summed E-state index contributed by atoms with van der Waals surface area (Å²) in [5.41, 5.74) is 9.19. The Morgan fingerprint density at radius 1 is 0.444 bits per heavy atom. The van der Waals surface area contributed by atoms with E-state index in [1.165, 1.54) is 21.3 Å². The number of phenols is 3. The van der Waals surface area contributed by atoms with Crippen molar-refractivity contribution in [2.24, 2.45) is 0 Å². The van der Waals surface area contributed by atoms with Crippen molar-refractivity contribution in [3.8, 4) is 17.2 Å². The number of nitrogens with zero attached hydrogens (tertiary/aromatic N) is 3. The maximum Gasteiger partial charge on any atom is 0.323 e. The minimum absolute atomic E-state index is 0.0213. The number of hydrogen-bond donors (Lipinski definition) is 3. The van der Waals surface area contributed by atoms with Crippen LogP contribution in [0, 0.1) is 20.8 Å². The third-order valence-electron chi connectivity index (χ3n) is 12.0. The second kappa shape index (κ2) is 20.6. The number of benzene rings is 4. The molecule has 4 heterocycles. The normalized spacial score (nSPS) is 23.1. The molecule has 0 spiro atoms. The van der Waals surface area contributed by atoms with Gasteiger partial charge < -0.3 is 29.5 Å². The fraction of sp³-hybridized carbons (Fsp3) is 0.438. The number of fused-ring (bicyclic) bond motifs is 9. The maximum absolute atomic E-state index is 14.0. The number of carbonyl (C=O) groups excluding carboxylic acids is 3. The van der Waals surface area contributed by atoms with Crippen molar-refractivity contribution in [2.75, 3.05) is 38.6 Å². The predicted molar refractivity (Wildman–Crippen MR) is 249 cm³/mol. The van der Waals surface area contributed by atoms with Crippen molar-refractivity contribution in [1.82, 2.24) is 14.7 Å². The third kappa shape index (κ3) is 10.9. The van der Waals surface area contributed by atoms with Crippen molar-refractivity contribution in [1.29, 1.82) is 0 Å². The maximum atomic E-state index is 14.0. The summed E-state index contributed by atoms with van der Waals surface area (Å²) in [6.07, 6.45) is 0. The number of hydrogen-bond acceptors (Lipinski definition) is 15. The molecular weight excluding hydrogens is 859 g/mol. The molecule has 12 bridgehead atoms. The number of thioether (sulfide) groups is 3. The number of esters is 3. The van der Waals surface area contributed by atoms with Crippen molar-refractivity contribution in [3.05, 3.63) is 121 Å². The van der Waals surface area contributed by atoms with E-state index in [4.69, 9.17) is 14.2 Å². The Morgan fingerprint density at radius 2 is 0.667 bits per heavy atom. The van der Waals surface area contributed by atoms with Crippen LogP contribution in [0.5, 0.6) is 17.2 Å². The van der Waals surface area contributed by atoms with E-state index in [-0.39, 0.29) is 56.5 Å². The van der Waals surface area contributed by atoms with Gasteiger partial charge in [0.05, 0.1) is 21.3 Å². The van der Waals surface area contributed by atoms with Crippen LogP contribution in [-0.2, 0) is 85.1 Å². The third-order valence-corrected chi connectivity index (χ3v) is 15.2. The number of methoxy groups -OCH3 is 3. The number of ether oxygens (including phenoxy) is 3. The molecule has 4 aromatic rings. The molecule has 3 N–H and O–H groups in total. The molecule has 0 unspecified atom stereocenters. The molecule has 4 aromatic carbocycles. The molecule has 0 amide bonds. The van der Waals surface area contributed by atoms with Crippen molar-refractivity contribution in [3.63, 3.8) is 0 Å². The Morgan fingerprint density at radius 3 is 0.873 bits per heavy atom. The molecule has 4 aliphatic rings. The molecular formula is C48H57N3O9S3. The van der Waals surface area contributed by atoms with Gasteiger partial charge in [-0.3, -0.25) is 29.1 Å². The highest BCUT2D eigenvalue weighted by molar-refractivity contribution is 7.99. The summed E-state index contributed by atoms with van der Waals surface area (Å²) in [4.78, 5) is 47.8. The van der Waals surface area contributed by atoms with E-state index in [9.17, 15) is 29.7 Å². The van der Waals surface area contributed by atoms with Gasteiger partial charge in [0.1, 0.15) is 35.4 Å². The van der Waals surface area contributed by atoms with Gasteiger partial charge in [-0.15, -0.1) is 0 Å². The first kappa shape index (κ1) is 46.6. The number of aryl methyl sites for hydroxylation is 3. The average Bonchev–Trinajstić information content (AvgIpc) is 3.25. The molecule has 0 saturated heterocycles. The first-order chi connectivity index (χ1) is 30.2. The van der Waals surface area contributed by atoms with Crippen LogP contribution in [0.15, 0.2) is 54.6 Å². The van der Waals surface area contributed by atoms with E-state index < -0.39 is 36.0 Å². The van der Waals surface area contributed by atoms with Gasteiger partial charge in [-0.25, -0.2) is 0 Å². The van der Waals surface area contributed by atoms with Crippen LogP contribution in [0.4, 0.5) is 0 Å². The quantitative estimate of drug-likeness (QED) is 0.142. The van der Waals surface area contributed by atoms with Crippen LogP contribution in [0.3, 0.4) is 0 Å². The Bertz CT molecular complexity index is 2010. The Kier molecular flexibility index (Phi) is 15.3. The van der Waals surface area contributed by atoms with Crippen molar-refractivity contribution in [2.45, 2.75) is 95.4 Å². The van der Waals surface area contributed by atoms with Gasteiger partial charge in [-0.05, 0) is 37.5 Å². The van der Waals surface area contributed by atoms with E-state index in [1.807, 2.05) is 71.9 Å². The molecule has 8 rings (SSSR count). The lowest BCUT2D eigenvalue weighted by Crippen LogP contribution is -2.44. The van der Waals surface area contributed by atoms with Crippen LogP contribution in [0.25, 0.3) is 0 Å². The van der Waals surface area contributed by atoms with Crippen molar-refractivity contribution >= 4 is 53.2 Å². The molecule has 12 nitrogen and oxygen atoms in total. The fourth-order valence-corrected chi connectivity index (χ4v) is 12.3. The van der Waals surface area contributed by atoms with Crippen molar-refractivity contribution < 1.29 is 43.9 Å². The monoisotopic (exact) mass is 915 g/mol. The molecule has 63 heavy (non-hydrogen) atoms. The van der Waals surface area contributed by atoms with E-state index in [0.717, 1.165) is 33.4 Å². The lowest BCUT2D eigenvalue weighted by Gasteiger charge is -2.34. The highest BCUT2D eigenvalue weighted by atomic mass is 32.2. The van der Waals surface area contributed by atoms with Crippen LogP contribution >= 0.6 is 35.3 Å². The first-order valence-corrected chi connectivity index (χ1v) is 24.5. The molecule has 0 fully saturated rings. The minimum Gasteiger partial charge on any atom is -0.507 e. The summed E-state index contributed by atoms with van der Waals surface area (Å²) in [5.74, 6) is 1.64. The van der Waals surface area contributed by atoms with E-state index in [2.05, 4.69) is 18.2 Å². The Hall–Kier alpha value is -4.38. The second-order valence-electron chi connectivity index (χ2n) is 16.8. The summed E-state index contributed by atoms with van der Waals surface area (Å²) in [7, 11) is 4.13. The summed E-state index contributed by atoms with van der Waals surface area (Å²) < 4.78 is 16.4. The van der Waals surface area contributed by atoms with Crippen LogP contribution < -0.4 is 0 Å². The highest BCUT2D eigenvalue weighted by Crippen LogP contribution is 2.37. The van der Waals surface area contributed by atoms with Gasteiger partial charge >= 0.3 is 17.9 Å². The molecule has 0 aromatic heterocycles. The lowest BCUT2D eigenvalue weighted by molar-refractivity contribution is -0.147. The number of rotatable bonds is 3. The molecule has 0 aliphatic carbocycles. The number of carbonyl (C=O) groups is 3. The zero-order chi connectivity index (χ0) is 44.9. The Labute approximate surface area is 382 Å². The van der Waals surface area contributed by atoms with E-state index >= 15 is 0 Å². The van der Waals surface area contributed by atoms with Gasteiger partial charge in [-0.2, -0.15) is 35.3 Å². The van der Waals surface area contributed by atoms with Crippen LogP contribution in [0.2, 0.25) is 0 Å². The topological polar surface area (TPSA) is 149 Å². The molecule has 0 saturated carbocycles. The lowest BCUT2D eigenvalue weighted by atomic mass is 9.98. The smallest absolute Gasteiger partial charge is 0.323 e.